The molecule has 0 aliphatic carbocycles. The number of esters is 1. The second kappa shape index (κ2) is 4.70. The Balaban J connectivity index is 3.11. The van der Waals surface area contributed by atoms with Gasteiger partial charge in [-0.1, -0.05) is 12.1 Å². The zero-order valence-electron chi connectivity index (χ0n) is 8.41. The Hall–Kier alpha value is -2.29. The van der Waals surface area contributed by atoms with Crippen LogP contribution in [0.2, 0.25) is 0 Å². The van der Waals surface area contributed by atoms with E-state index < -0.39 is 29.0 Å². The number of hydrogen-bond donors (Lipinski definition) is 0. The summed E-state index contributed by atoms with van der Waals surface area (Å²) in [4.78, 5) is 11.3. The quantitative estimate of drug-likeness (QED) is 0.454. The van der Waals surface area contributed by atoms with Crippen molar-refractivity contribution in [3.63, 3.8) is 0 Å². The Morgan fingerprint density at radius 3 is 2.47 bits per heavy atom. The molecular formula is C11H6F3NO2. The van der Waals surface area contributed by atoms with Gasteiger partial charge in [0.2, 0.25) is 5.76 Å². The van der Waals surface area contributed by atoms with Gasteiger partial charge in [0.05, 0.1) is 11.1 Å². The van der Waals surface area contributed by atoms with Crippen LogP contribution in [0.25, 0.3) is 0 Å². The first-order chi connectivity index (χ1) is 7.86. The van der Waals surface area contributed by atoms with Gasteiger partial charge >= 0.3 is 12.1 Å². The molecule has 0 aromatic heterocycles. The Labute approximate surface area is 94.7 Å². The normalized spacial score (nSPS) is 10.5. The summed E-state index contributed by atoms with van der Waals surface area (Å²) < 4.78 is 41.9. The van der Waals surface area contributed by atoms with Crippen LogP contribution in [-0.2, 0) is 10.9 Å². The van der Waals surface area contributed by atoms with Crippen molar-refractivity contribution in [2.75, 3.05) is 0 Å². The molecule has 0 aliphatic rings. The van der Waals surface area contributed by atoms with E-state index in [-0.39, 0.29) is 0 Å². The predicted molar refractivity (Wildman–Crippen MR) is 51.6 cm³/mol. The van der Waals surface area contributed by atoms with Crippen LogP contribution < -0.4 is 0 Å². The van der Waals surface area contributed by atoms with Crippen molar-refractivity contribution >= 4 is 5.97 Å². The van der Waals surface area contributed by atoms with Gasteiger partial charge in [-0.25, -0.2) is 4.79 Å². The second-order valence-corrected chi connectivity index (χ2v) is 2.97. The summed E-state index contributed by atoms with van der Waals surface area (Å²) in [5, 5.41) is 8.31. The molecule has 0 unspecified atom stereocenters. The van der Waals surface area contributed by atoms with Crippen LogP contribution >= 0.6 is 0 Å². The number of benzene rings is 1. The number of carbonyl (C=O) groups excluding carboxylic acids is 1. The summed E-state index contributed by atoms with van der Waals surface area (Å²) in [6.45, 7) is 3.05. The van der Waals surface area contributed by atoms with E-state index in [1.807, 2.05) is 0 Å². The predicted octanol–water partition coefficient (Wildman–Crippen LogP) is 2.90. The first kappa shape index (κ1) is 12.8. The lowest BCUT2D eigenvalue weighted by molar-refractivity contribution is -0.138. The molecule has 1 aromatic rings. The molecule has 0 fully saturated rings. The Morgan fingerprint density at radius 2 is 1.94 bits per heavy atom. The van der Waals surface area contributed by atoms with Gasteiger partial charge in [0, 0.05) is 0 Å². The van der Waals surface area contributed by atoms with Crippen molar-refractivity contribution in [2.45, 2.75) is 6.18 Å². The number of nitrogens with zero attached hydrogens (tertiary/aromatic N) is 1. The maximum atomic E-state index is 12.5. The lowest BCUT2D eigenvalue weighted by Crippen LogP contribution is -2.14. The van der Waals surface area contributed by atoms with E-state index in [1.54, 1.807) is 0 Å². The van der Waals surface area contributed by atoms with Crippen LogP contribution in [0.5, 0.6) is 0 Å². The molecule has 0 heterocycles. The van der Waals surface area contributed by atoms with Gasteiger partial charge < -0.3 is 4.74 Å². The lowest BCUT2D eigenvalue weighted by Gasteiger charge is -2.11. The first-order valence-corrected chi connectivity index (χ1v) is 4.33. The number of nitriles is 1. The summed E-state index contributed by atoms with van der Waals surface area (Å²) in [7, 11) is 0. The number of hydrogen-bond acceptors (Lipinski definition) is 3. The third-order valence-corrected chi connectivity index (χ3v) is 1.79. The van der Waals surface area contributed by atoms with Crippen LogP contribution in [-0.4, -0.2) is 5.97 Å². The van der Waals surface area contributed by atoms with Gasteiger partial charge in [0.1, 0.15) is 6.07 Å². The topological polar surface area (TPSA) is 50.1 Å². The van der Waals surface area contributed by atoms with Crippen LogP contribution in [0, 0.1) is 11.3 Å². The van der Waals surface area contributed by atoms with E-state index in [1.165, 1.54) is 12.1 Å². The number of ether oxygens (including phenoxy) is 1. The maximum Gasteiger partial charge on any atom is 0.417 e. The van der Waals surface area contributed by atoms with E-state index >= 15 is 0 Å². The fourth-order valence-corrected chi connectivity index (χ4v) is 1.10. The van der Waals surface area contributed by atoms with Gasteiger partial charge in [0.15, 0.2) is 0 Å². The Kier molecular flexibility index (Phi) is 3.53. The third-order valence-electron chi connectivity index (χ3n) is 1.79. The molecule has 17 heavy (non-hydrogen) atoms. The molecule has 0 aliphatic heterocycles. The van der Waals surface area contributed by atoms with Crippen molar-refractivity contribution in [1.29, 1.82) is 5.26 Å². The molecular weight excluding hydrogens is 235 g/mol. The molecule has 1 aromatic carbocycles. The molecule has 0 bridgehead atoms. The molecule has 1 rings (SSSR count). The monoisotopic (exact) mass is 241 g/mol. The summed E-state index contributed by atoms with van der Waals surface area (Å²) >= 11 is 0. The highest BCUT2D eigenvalue weighted by Crippen LogP contribution is 2.32. The SMILES string of the molecule is C=C(C#N)OC(=O)c1ccccc1C(F)(F)F. The minimum Gasteiger partial charge on any atom is -0.412 e. The highest BCUT2D eigenvalue weighted by Gasteiger charge is 2.35. The Bertz CT molecular complexity index is 500. The van der Waals surface area contributed by atoms with E-state index in [4.69, 9.17) is 5.26 Å². The minimum atomic E-state index is -4.66. The zero-order valence-corrected chi connectivity index (χ0v) is 8.41. The number of rotatable bonds is 2. The average Bonchev–Trinajstić information content (AvgIpc) is 2.27. The Morgan fingerprint density at radius 1 is 1.35 bits per heavy atom. The summed E-state index contributed by atoms with van der Waals surface area (Å²) in [6.07, 6.45) is -4.66. The second-order valence-electron chi connectivity index (χ2n) is 2.97. The van der Waals surface area contributed by atoms with Gasteiger partial charge in [0.25, 0.3) is 0 Å². The van der Waals surface area contributed by atoms with Crippen molar-refractivity contribution in [2.24, 2.45) is 0 Å². The van der Waals surface area contributed by atoms with Crippen molar-refractivity contribution in [3.8, 4) is 6.07 Å². The fourth-order valence-electron chi connectivity index (χ4n) is 1.10. The molecule has 0 N–H and O–H groups in total. The lowest BCUT2D eigenvalue weighted by atomic mass is 10.1. The highest BCUT2D eigenvalue weighted by atomic mass is 19.4. The molecule has 0 spiro atoms. The number of allylic oxidation sites excluding steroid dienone is 1. The molecule has 0 atom stereocenters. The van der Waals surface area contributed by atoms with Crippen LogP contribution in [0.15, 0.2) is 36.6 Å². The van der Waals surface area contributed by atoms with Gasteiger partial charge in [-0.2, -0.15) is 18.4 Å². The number of alkyl halides is 3. The van der Waals surface area contributed by atoms with Crippen LogP contribution in [0.3, 0.4) is 0 Å². The van der Waals surface area contributed by atoms with Gasteiger partial charge in [-0.05, 0) is 18.7 Å². The van der Waals surface area contributed by atoms with Gasteiger partial charge in [-0.15, -0.1) is 0 Å². The molecule has 0 radical (unpaired) electrons. The molecule has 6 heteroatoms. The largest absolute Gasteiger partial charge is 0.417 e. The van der Waals surface area contributed by atoms with E-state index in [0.717, 1.165) is 18.2 Å². The van der Waals surface area contributed by atoms with E-state index in [9.17, 15) is 18.0 Å². The molecule has 0 saturated heterocycles. The van der Waals surface area contributed by atoms with Crippen LogP contribution in [0.4, 0.5) is 13.2 Å². The van der Waals surface area contributed by atoms with Crippen molar-refractivity contribution in [3.05, 3.63) is 47.7 Å². The van der Waals surface area contributed by atoms with Crippen molar-refractivity contribution < 1.29 is 22.7 Å². The number of carbonyl (C=O) groups is 1. The van der Waals surface area contributed by atoms with E-state index in [2.05, 4.69) is 11.3 Å². The van der Waals surface area contributed by atoms with Gasteiger partial charge in [-0.3, -0.25) is 0 Å². The smallest absolute Gasteiger partial charge is 0.412 e. The molecule has 3 nitrogen and oxygen atoms in total. The first-order valence-electron chi connectivity index (χ1n) is 4.33. The summed E-state index contributed by atoms with van der Waals surface area (Å²) in [6, 6.07) is 5.55. The average molecular weight is 241 g/mol. The molecule has 88 valence electrons. The van der Waals surface area contributed by atoms with E-state index in [0.29, 0.717) is 0 Å². The van der Waals surface area contributed by atoms with Crippen LogP contribution in [0.1, 0.15) is 15.9 Å². The highest BCUT2D eigenvalue weighted by molar-refractivity contribution is 5.92. The molecule has 0 amide bonds. The van der Waals surface area contributed by atoms with Crippen molar-refractivity contribution in [1.82, 2.24) is 0 Å². The minimum absolute atomic E-state index is 0.563. The number of halogens is 3. The third kappa shape index (κ3) is 3.08. The summed E-state index contributed by atoms with van der Waals surface area (Å²) in [5.74, 6) is -1.82. The fraction of sp³-hybridized carbons (Fsp3) is 0.0909. The standard InChI is InChI=1S/C11H6F3NO2/c1-7(6-15)17-10(16)8-4-2-3-5-9(8)11(12,13)14/h2-5H,1H2. The zero-order chi connectivity index (χ0) is 13.1. The maximum absolute atomic E-state index is 12.5. The molecule has 0 saturated carbocycles. The summed E-state index contributed by atoms with van der Waals surface area (Å²) in [5.41, 5.74) is -1.77.